The van der Waals surface area contributed by atoms with Gasteiger partial charge in [0.2, 0.25) is 5.91 Å². The van der Waals surface area contributed by atoms with Gasteiger partial charge in [0.15, 0.2) is 5.16 Å². The molecule has 0 saturated heterocycles. The Kier molecular flexibility index (Phi) is 6.64. The van der Waals surface area contributed by atoms with Crippen LogP contribution in [0.4, 0.5) is 0 Å². The third kappa shape index (κ3) is 4.36. The number of fused-ring (bicyclic) bond motifs is 1. The van der Waals surface area contributed by atoms with Gasteiger partial charge in [-0.3, -0.25) is 14.2 Å². The van der Waals surface area contributed by atoms with E-state index < -0.39 is 0 Å². The van der Waals surface area contributed by atoms with Crippen LogP contribution >= 0.6 is 57.4 Å². The maximum Gasteiger partial charge on any atom is 0.263 e. The smallest absolute Gasteiger partial charge is 0.263 e. The summed E-state index contributed by atoms with van der Waals surface area (Å²) in [5, 5.41) is 5.17. The molecule has 4 aromatic rings. The number of amides is 1. The fraction of sp³-hybridized carbons (Fsp3) is 0.250. The van der Waals surface area contributed by atoms with E-state index in [1.54, 1.807) is 27.9 Å². The van der Waals surface area contributed by atoms with Crippen LogP contribution in [0.1, 0.15) is 11.8 Å². The number of aromatic nitrogens is 2. The Morgan fingerprint density at radius 2 is 2.13 bits per heavy atom. The summed E-state index contributed by atoms with van der Waals surface area (Å²) in [4.78, 5) is 35.0. The van der Waals surface area contributed by atoms with Gasteiger partial charge in [-0.15, -0.1) is 34.0 Å². The molecule has 0 N–H and O–H groups in total. The van der Waals surface area contributed by atoms with Crippen LogP contribution in [0.25, 0.3) is 20.7 Å². The van der Waals surface area contributed by atoms with Crippen LogP contribution in [0.2, 0.25) is 4.34 Å². The zero-order valence-electron chi connectivity index (χ0n) is 16.3. The van der Waals surface area contributed by atoms with Crippen LogP contribution in [-0.2, 0) is 18.4 Å². The van der Waals surface area contributed by atoms with Gasteiger partial charge in [-0.2, -0.15) is 0 Å². The summed E-state index contributed by atoms with van der Waals surface area (Å²) in [5.74, 6) is 0.230. The van der Waals surface area contributed by atoms with Crippen molar-refractivity contribution >= 4 is 73.5 Å². The summed E-state index contributed by atoms with van der Waals surface area (Å²) in [6.45, 7) is 3.10. The monoisotopic (exact) mass is 495 g/mol. The van der Waals surface area contributed by atoms with Crippen molar-refractivity contribution in [3.8, 4) is 10.4 Å². The molecule has 0 unspecified atom stereocenters. The van der Waals surface area contributed by atoms with Crippen molar-refractivity contribution in [1.29, 1.82) is 0 Å². The number of carbonyl (C=O) groups is 1. The average molecular weight is 496 g/mol. The topological polar surface area (TPSA) is 55.2 Å². The maximum absolute atomic E-state index is 13.0. The number of thioether (sulfide) groups is 1. The third-order valence-electron chi connectivity index (χ3n) is 4.60. The lowest BCUT2D eigenvalue weighted by molar-refractivity contribution is -0.128. The van der Waals surface area contributed by atoms with Crippen molar-refractivity contribution in [1.82, 2.24) is 14.5 Å². The minimum atomic E-state index is -0.0832. The highest BCUT2D eigenvalue weighted by atomic mass is 35.5. The summed E-state index contributed by atoms with van der Waals surface area (Å²) >= 11 is 11.8. The minimum Gasteiger partial charge on any atom is -0.337 e. The molecule has 0 spiro atoms. The fourth-order valence-electron chi connectivity index (χ4n) is 3.01. The molecule has 0 aliphatic heterocycles. The molecule has 0 atom stereocenters. The lowest BCUT2D eigenvalue weighted by Gasteiger charge is -2.20. The van der Waals surface area contributed by atoms with E-state index in [0.717, 1.165) is 15.3 Å². The van der Waals surface area contributed by atoms with Crippen molar-refractivity contribution in [2.45, 2.75) is 18.6 Å². The van der Waals surface area contributed by atoms with Gasteiger partial charge in [0.05, 0.1) is 22.0 Å². The van der Waals surface area contributed by atoms with E-state index in [4.69, 9.17) is 11.6 Å². The van der Waals surface area contributed by atoms with Gasteiger partial charge >= 0.3 is 0 Å². The third-order valence-corrected chi connectivity index (χ3v) is 8.60. The lowest BCUT2D eigenvalue weighted by Crippen LogP contribution is -2.31. The Hall–Kier alpha value is -1.65. The molecular formula is C20H18ClN3O2S4. The highest BCUT2D eigenvalue weighted by Gasteiger charge is 2.19. The van der Waals surface area contributed by atoms with Gasteiger partial charge in [-0.1, -0.05) is 29.4 Å². The second-order valence-electron chi connectivity index (χ2n) is 6.47. The average Bonchev–Trinajstić information content (AvgIpc) is 3.48. The molecule has 0 bridgehead atoms. The molecule has 5 nitrogen and oxygen atoms in total. The van der Waals surface area contributed by atoms with E-state index in [1.807, 2.05) is 41.9 Å². The summed E-state index contributed by atoms with van der Waals surface area (Å²) < 4.78 is 2.26. The van der Waals surface area contributed by atoms with E-state index >= 15 is 0 Å². The molecule has 0 aromatic carbocycles. The van der Waals surface area contributed by atoms with E-state index in [-0.39, 0.29) is 17.2 Å². The molecular weight excluding hydrogens is 478 g/mol. The number of carbonyl (C=O) groups excluding carboxylic acids is 1. The van der Waals surface area contributed by atoms with Crippen molar-refractivity contribution in [2.75, 3.05) is 12.3 Å². The van der Waals surface area contributed by atoms with Crippen molar-refractivity contribution in [3.63, 3.8) is 0 Å². The summed E-state index contributed by atoms with van der Waals surface area (Å²) in [6, 6.07) is 7.76. The van der Waals surface area contributed by atoms with Crippen LogP contribution in [-0.4, -0.2) is 32.7 Å². The Bertz CT molecular complexity index is 1240. The first-order chi connectivity index (χ1) is 14.5. The number of rotatable bonds is 7. The van der Waals surface area contributed by atoms with E-state index in [0.29, 0.717) is 32.8 Å². The minimum absolute atomic E-state index is 0.00632. The molecule has 4 heterocycles. The van der Waals surface area contributed by atoms with Crippen LogP contribution in [0.15, 0.2) is 45.0 Å². The standard InChI is InChI=1S/C20H18ClN3O2S4/c1-3-24(9-12-6-7-15(21)30-12)16(25)11-29-20-22-18-17(19(26)23(20)2)13(10-28-18)14-5-4-8-27-14/h4-8,10H,3,9,11H2,1-2H3. The molecule has 0 aliphatic carbocycles. The Morgan fingerprint density at radius 1 is 1.30 bits per heavy atom. The molecule has 156 valence electrons. The van der Waals surface area contributed by atoms with Crippen LogP contribution < -0.4 is 5.56 Å². The predicted octanol–water partition coefficient (Wildman–Crippen LogP) is 5.58. The van der Waals surface area contributed by atoms with Crippen LogP contribution in [0.3, 0.4) is 0 Å². The van der Waals surface area contributed by atoms with Crippen LogP contribution in [0.5, 0.6) is 0 Å². The molecule has 0 saturated carbocycles. The normalized spacial score (nSPS) is 11.3. The molecule has 1 amide bonds. The Balaban J connectivity index is 1.53. The number of hydrogen-bond donors (Lipinski definition) is 0. The van der Waals surface area contributed by atoms with Gasteiger partial charge in [0, 0.05) is 34.3 Å². The summed E-state index contributed by atoms with van der Waals surface area (Å²) in [5.41, 5.74) is 0.845. The molecule has 0 radical (unpaired) electrons. The predicted molar refractivity (Wildman–Crippen MR) is 129 cm³/mol. The fourth-order valence-corrected chi connectivity index (χ4v) is 6.79. The van der Waals surface area contributed by atoms with Gasteiger partial charge in [-0.25, -0.2) is 4.98 Å². The molecule has 10 heteroatoms. The number of thiophene rings is 3. The van der Waals surface area contributed by atoms with Gasteiger partial charge in [0.25, 0.3) is 5.56 Å². The number of nitrogens with zero attached hydrogens (tertiary/aromatic N) is 3. The Morgan fingerprint density at radius 3 is 2.80 bits per heavy atom. The van der Waals surface area contributed by atoms with E-state index in [1.165, 1.54) is 34.4 Å². The first kappa shape index (κ1) is 21.6. The Labute approximate surface area is 194 Å². The van der Waals surface area contributed by atoms with Gasteiger partial charge in [0.1, 0.15) is 4.83 Å². The van der Waals surface area contributed by atoms with Crippen LogP contribution in [0, 0.1) is 0 Å². The quantitative estimate of drug-likeness (QED) is 0.248. The second-order valence-corrected chi connectivity index (χ2v) is 11.0. The highest BCUT2D eigenvalue weighted by Crippen LogP contribution is 2.34. The number of hydrogen-bond acceptors (Lipinski definition) is 7. The zero-order chi connectivity index (χ0) is 21.3. The van der Waals surface area contributed by atoms with Gasteiger partial charge in [-0.05, 0) is 30.5 Å². The van der Waals surface area contributed by atoms with Gasteiger partial charge < -0.3 is 4.90 Å². The summed E-state index contributed by atoms with van der Waals surface area (Å²) in [7, 11) is 1.71. The highest BCUT2D eigenvalue weighted by molar-refractivity contribution is 7.99. The maximum atomic E-state index is 13.0. The lowest BCUT2D eigenvalue weighted by atomic mass is 10.2. The van der Waals surface area contributed by atoms with Crippen molar-refractivity contribution in [3.05, 3.63) is 54.6 Å². The zero-order valence-corrected chi connectivity index (χ0v) is 20.3. The first-order valence-electron chi connectivity index (χ1n) is 9.14. The molecule has 4 aromatic heterocycles. The van der Waals surface area contributed by atoms with Crippen molar-refractivity contribution < 1.29 is 4.79 Å². The molecule has 30 heavy (non-hydrogen) atoms. The molecule has 0 fully saturated rings. The second kappa shape index (κ2) is 9.23. The SMILES string of the molecule is CCN(Cc1ccc(Cl)s1)C(=O)CSc1nc2scc(-c3cccs3)c2c(=O)n1C. The molecule has 0 aliphatic rings. The van der Waals surface area contributed by atoms with E-state index in [9.17, 15) is 9.59 Å². The number of halogens is 1. The largest absolute Gasteiger partial charge is 0.337 e. The first-order valence-corrected chi connectivity index (χ1v) is 13.1. The van der Waals surface area contributed by atoms with Crippen molar-refractivity contribution in [2.24, 2.45) is 7.05 Å². The van der Waals surface area contributed by atoms with E-state index in [2.05, 4.69) is 4.98 Å². The molecule has 4 rings (SSSR count). The summed E-state index contributed by atoms with van der Waals surface area (Å²) in [6.07, 6.45) is 0.